The summed E-state index contributed by atoms with van der Waals surface area (Å²) in [5, 5.41) is 2.74. The Bertz CT molecular complexity index is 894. The van der Waals surface area contributed by atoms with E-state index in [-0.39, 0.29) is 23.0 Å². The van der Waals surface area contributed by atoms with Crippen molar-refractivity contribution in [3.05, 3.63) is 127 Å². The fraction of sp³-hybridized carbons (Fsp3) is 0. The van der Waals surface area contributed by atoms with Crippen LogP contribution in [0.4, 0.5) is 5.69 Å². The minimum absolute atomic E-state index is 0. The molecule has 3 radical (unpaired) electrons. The van der Waals surface area contributed by atoms with Crippen molar-refractivity contribution in [1.82, 2.24) is 5.32 Å². The van der Waals surface area contributed by atoms with Crippen LogP contribution in [0.25, 0.3) is 0 Å². The minimum atomic E-state index is -0.184. The SMILES string of the molecule is O=C(NC([Se])=Nc1ccc([C]2[CH]C=C[CH-]2)cc1)c1ccccc1.[Fe+2].c1cc[cH-]c1. The number of carbonyl (C=O) groups excluding carboxylic acids is 1. The number of amidine groups is 1. The molecule has 145 valence electrons. The van der Waals surface area contributed by atoms with Gasteiger partial charge in [-0.1, -0.05) is 0 Å². The zero-order valence-electron chi connectivity index (χ0n) is 15.5. The molecule has 1 N–H and O–H groups in total. The summed E-state index contributed by atoms with van der Waals surface area (Å²) in [4.78, 5) is 16.4. The molecule has 29 heavy (non-hydrogen) atoms. The molecule has 3 aromatic carbocycles. The van der Waals surface area contributed by atoms with Crippen LogP contribution in [0.5, 0.6) is 0 Å². The predicted octanol–water partition coefficient (Wildman–Crippen LogP) is 4.58. The van der Waals surface area contributed by atoms with E-state index >= 15 is 0 Å². The minimum Gasteiger partial charge on any atom is -0.214 e. The summed E-state index contributed by atoms with van der Waals surface area (Å²) in [5.74, 6) is 0.998. The zero-order valence-corrected chi connectivity index (χ0v) is 18.3. The molecule has 0 unspecified atom stereocenters. The molecular weight excluding hydrogens is 467 g/mol. The molecule has 0 saturated carbocycles. The first kappa shape index (κ1) is 22.9. The molecular formula is C24H19FeN2OSe. The van der Waals surface area contributed by atoms with E-state index in [1.807, 2.05) is 84.9 Å². The molecule has 0 fully saturated rings. The summed E-state index contributed by atoms with van der Waals surface area (Å²) >= 11 is 2.79. The van der Waals surface area contributed by atoms with Crippen LogP contribution < -0.4 is 5.32 Å². The van der Waals surface area contributed by atoms with Crippen molar-refractivity contribution < 1.29 is 21.9 Å². The molecule has 5 heteroatoms. The van der Waals surface area contributed by atoms with Crippen LogP contribution in [-0.2, 0) is 17.1 Å². The van der Waals surface area contributed by atoms with E-state index < -0.39 is 0 Å². The molecule has 0 spiro atoms. The normalized spacial score (nSPS) is 12.9. The summed E-state index contributed by atoms with van der Waals surface area (Å²) < 4.78 is 0.444. The molecule has 0 aliphatic heterocycles. The Morgan fingerprint density at radius 1 is 0.931 bits per heavy atom. The van der Waals surface area contributed by atoms with Gasteiger partial charge in [0.2, 0.25) is 0 Å². The first-order valence-electron chi connectivity index (χ1n) is 8.83. The van der Waals surface area contributed by atoms with E-state index in [0.29, 0.717) is 10.3 Å². The Balaban J connectivity index is 0.000000437. The maximum absolute atomic E-state index is 12.0. The summed E-state index contributed by atoms with van der Waals surface area (Å²) in [6.07, 6.45) is 8.16. The van der Waals surface area contributed by atoms with E-state index in [4.69, 9.17) is 0 Å². The average molecular weight is 486 g/mol. The van der Waals surface area contributed by atoms with Gasteiger partial charge in [0, 0.05) is 0 Å². The first-order chi connectivity index (χ1) is 13.7. The van der Waals surface area contributed by atoms with Gasteiger partial charge in [-0.25, -0.2) is 12.1 Å². The van der Waals surface area contributed by atoms with Crippen LogP contribution in [0.3, 0.4) is 0 Å². The molecule has 0 saturated heterocycles. The number of hydrogen-bond acceptors (Lipinski definition) is 2. The van der Waals surface area contributed by atoms with Gasteiger partial charge >= 0.3 is 161 Å². The van der Waals surface area contributed by atoms with Gasteiger partial charge in [0.1, 0.15) is 0 Å². The first-order valence-corrected chi connectivity index (χ1v) is 9.69. The third-order valence-electron chi connectivity index (χ3n) is 3.91. The third-order valence-corrected chi connectivity index (χ3v) is 4.31. The van der Waals surface area contributed by atoms with E-state index in [1.54, 1.807) is 12.1 Å². The smallest absolute Gasteiger partial charge is 0.214 e. The molecule has 0 bridgehead atoms. The Morgan fingerprint density at radius 3 is 2.17 bits per heavy atom. The Labute approximate surface area is 191 Å². The summed E-state index contributed by atoms with van der Waals surface area (Å²) in [6.45, 7) is 0. The molecule has 0 aromatic heterocycles. The van der Waals surface area contributed by atoms with Crippen LogP contribution in [0.15, 0.2) is 102 Å². The number of benzene rings is 2. The summed E-state index contributed by atoms with van der Waals surface area (Å²) in [7, 11) is 0. The molecule has 3 aromatic rings. The van der Waals surface area contributed by atoms with Crippen LogP contribution in [0.2, 0.25) is 0 Å². The molecule has 1 aliphatic rings. The van der Waals surface area contributed by atoms with Gasteiger partial charge in [-0.2, -0.15) is 18.2 Å². The zero-order chi connectivity index (χ0) is 19.6. The molecule has 1 amide bonds. The fourth-order valence-corrected chi connectivity index (χ4v) is 2.94. The number of nitrogens with zero attached hydrogens (tertiary/aromatic N) is 1. The van der Waals surface area contributed by atoms with Gasteiger partial charge in [-0.3, -0.25) is 0 Å². The van der Waals surface area contributed by atoms with E-state index in [9.17, 15) is 4.79 Å². The van der Waals surface area contributed by atoms with Gasteiger partial charge in [-0.05, 0) is 0 Å². The van der Waals surface area contributed by atoms with Crippen LogP contribution in [-0.4, -0.2) is 26.7 Å². The maximum atomic E-state index is 12.0. The number of allylic oxidation sites excluding steroid dienone is 2. The second-order valence-electron chi connectivity index (χ2n) is 5.92. The second kappa shape index (κ2) is 12.2. The number of hydrogen-bond donors (Lipinski definition) is 1. The number of rotatable bonds is 3. The molecule has 0 heterocycles. The summed E-state index contributed by atoms with van der Waals surface area (Å²) in [5.41, 5.74) is 2.52. The van der Waals surface area contributed by atoms with Crippen LogP contribution in [0.1, 0.15) is 15.9 Å². The van der Waals surface area contributed by atoms with Crippen molar-refractivity contribution in [3.8, 4) is 0 Å². The van der Waals surface area contributed by atoms with Gasteiger partial charge in [0.25, 0.3) is 0 Å². The molecule has 0 atom stereocenters. The fourth-order valence-electron chi connectivity index (χ4n) is 2.52. The monoisotopic (exact) mass is 487 g/mol. The molecule has 4 rings (SSSR count). The van der Waals surface area contributed by atoms with Gasteiger partial charge in [0.05, 0.1) is 0 Å². The largest absolute Gasteiger partial charge is 2.00 e. The maximum Gasteiger partial charge on any atom is 2.00 e. The predicted molar refractivity (Wildman–Crippen MR) is 115 cm³/mol. The summed E-state index contributed by atoms with van der Waals surface area (Å²) in [6, 6.07) is 26.9. The molecule has 3 nitrogen and oxygen atoms in total. The molecule has 1 aliphatic carbocycles. The number of aliphatic imine (C=N–C) groups is 1. The Kier molecular flexibility index (Phi) is 9.62. The van der Waals surface area contributed by atoms with Crippen LogP contribution in [0, 0.1) is 18.8 Å². The Morgan fingerprint density at radius 2 is 1.62 bits per heavy atom. The van der Waals surface area contributed by atoms with Crippen molar-refractivity contribution in [3.63, 3.8) is 0 Å². The average Bonchev–Trinajstić information content (AvgIpc) is 3.46. The van der Waals surface area contributed by atoms with Gasteiger partial charge in [-0.15, -0.1) is 0 Å². The van der Waals surface area contributed by atoms with Crippen molar-refractivity contribution in [2.75, 3.05) is 0 Å². The van der Waals surface area contributed by atoms with Crippen molar-refractivity contribution >= 4 is 32.3 Å². The van der Waals surface area contributed by atoms with Gasteiger partial charge < -0.3 is 0 Å². The van der Waals surface area contributed by atoms with Crippen LogP contribution >= 0.6 is 0 Å². The third kappa shape index (κ3) is 7.49. The standard InChI is InChI=1S/C19H14N2OSe.C5H5.Fe/c22-18(16-8-2-1-3-9-16)21-19(23)20-17-12-10-15(11-13-17)14-6-4-5-7-14;1-2-4-5-3-1;/h1-13H,(H,20,21,22);1-5H;/q2*-1;+2. The quantitative estimate of drug-likeness (QED) is 0.251. The number of carbonyl (C=O) groups is 1. The van der Waals surface area contributed by atoms with Crippen molar-refractivity contribution in [2.24, 2.45) is 4.99 Å². The van der Waals surface area contributed by atoms with Gasteiger partial charge in [0.15, 0.2) is 0 Å². The van der Waals surface area contributed by atoms with Crippen molar-refractivity contribution in [2.45, 2.75) is 0 Å². The van der Waals surface area contributed by atoms with E-state index in [0.717, 1.165) is 11.3 Å². The number of nitrogens with one attached hydrogen (secondary N) is 1. The topological polar surface area (TPSA) is 41.5 Å². The number of amides is 1. The van der Waals surface area contributed by atoms with Crippen molar-refractivity contribution in [1.29, 1.82) is 0 Å². The second-order valence-corrected chi connectivity index (χ2v) is 6.73. The Hall–Kier alpha value is -2.42. The van der Waals surface area contributed by atoms with E-state index in [2.05, 4.69) is 39.2 Å². The van der Waals surface area contributed by atoms with E-state index in [1.165, 1.54) is 5.92 Å².